The fourth-order valence-corrected chi connectivity index (χ4v) is 3.57. The van der Waals surface area contributed by atoms with E-state index in [0.717, 1.165) is 24.4 Å². The van der Waals surface area contributed by atoms with Crippen molar-refractivity contribution >= 4 is 11.3 Å². The molecule has 0 aliphatic carbocycles. The third-order valence-electron chi connectivity index (χ3n) is 3.07. The van der Waals surface area contributed by atoms with E-state index < -0.39 is 11.9 Å². The van der Waals surface area contributed by atoms with Crippen LogP contribution in [0.5, 0.6) is 0 Å². The van der Waals surface area contributed by atoms with Gasteiger partial charge in [-0.05, 0) is 20.8 Å². The summed E-state index contributed by atoms with van der Waals surface area (Å²) in [5.74, 6) is 0. The summed E-state index contributed by atoms with van der Waals surface area (Å²) in [6.07, 6.45) is -4.36. The molecule has 0 spiro atoms. The zero-order chi connectivity index (χ0) is 14.2. The number of aromatic nitrogens is 1. The molecule has 3 nitrogen and oxygen atoms in total. The van der Waals surface area contributed by atoms with Crippen LogP contribution in [0.1, 0.15) is 29.4 Å². The predicted molar refractivity (Wildman–Crippen MR) is 69.2 cm³/mol. The largest absolute Gasteiger partial charge is 0.434 e. The Balaban J connectivity index is 2.15. The van der Waals surface area contributed by atoms with Crippen molar-refractivity contribution in [3.63, 3.8) is 0 Å². The van der Waals surface area contributed by atoms with Crippen LogP contribution < -0.4 is 5.32 Å². The summed E-state index contributed by atoms with van der Waals surface area (Å²) in [4.78, 5) is 6.03. The van der Waals surface area contributed by atoms with Gasteiger partial charge in [-0.3, -0.25) is 4.90 Å². The van der Waals surface area contributed by atoms with Crippen LogP contribution in [0.4, 0.5) is 13.2 Å². The molecule has 1 N–H and O–H groups in total. The van der Waals surface area contributed by atoms with Crippen LogP contribution in [0.25, 0.3) is 0 Å². The van der Waals surface area contributed by atoms with Gasteiger partial charge in [0.05, 0.1) is 9.88 Å². The average molecular weight is 293 g/mol. The molecule has 2 unspecified atom stereocenters. The Hall–Kier alpha value is -0.660. The highest BCUT2D eigenvalue weighted by Gasteiger charge is 2.37. The molecule has 7 heteroatoms. The molecule has 0 aromatic carbocycles. The molecule has 1 aliphatic rings. The lowest BCUT2D eigenvalue weighted by atomic mass is 10.1. The standard InChI is InChI=1S/C12H18F3N3S/c1-7-4-18(5-8(2)16-7)6-10-11(12(13,14)15)17-9(3)19-10/h7-8,16H,4-6H2,1-3H3. The fourth-order valence-electron chi connectivity index (χ4n) is 2.57. The number of rotatable bonds is 2. The maximum Gasteiger partial charge on any atom is 0.434 e. The predicted octanol–water partition coefficient (Wildman–Crippen LogP) is 2.65. The summed E-state index contributed by atoms with van der Waals surface area (Å²) in [7, 11) is 0. The molecule has 1 aliphatic heterocycles. The van der Waals surface area contributed by atoms with E-state index in [9.17, 15) is 13.2 Å². The highest BCUT2D eigenvalue weighted by atomic mass is 32.1. The molecule has 1 saturated heterocycles. The molecule has 0 amide bonds. The third-order valence-corrected chi connectivity index (χ3v) is 4.03. The summed E-state index contributed by atoms with van der Waals surface area (Å²) < 4.78 is 38.6. The normalized spacial score (nSPS) is 25.8. The molecule has 0 saturated carbocycles. The first-order valence-corrected chi connectivity index (χ1v) is 7.09. The summed E-state index contributed by atoms with van der Waals surface area (Å²) in [5, 5.41) is 3.84. The van der Waals surface area contributed by atoms with Crippen molar-refractivity contribution in [3.05, 3.63) is 15.6 Å². The number of aryl methyl sites for hydroxylation is 1. The topological polar surface area (TPSA) is 28.2 Å². The van der Waals surface area contributed by atoms with Crippen LogP contribution in [-0.4, -0.2) is 35.1 Å². The van der Waals surface area contributed by atoms with Crippen molar-refractivity contribution in [1.29, 1.82) is 0 Å². The van der Waals surface area contributed by atoms with Crippen LogP contribution in [0.15, 0.2) is 0 Å². The molecular weight excluding hydrogens is 275 g/mol. The fraction of sp³-hybridized carbons (Fsp3) is 0.750. The van der Waals surface area contributed by atoms with Crippen LogP contribution >= 0.6 is 11.3 Å². The number of halogens is 3. The summed E-state index contributed by atoms with van der Waals surface area (Å²) in [6.45, 7) is 7.57. The number of hydrogen-bond donors (Lipinski definition) is 1. The maximum absolute atomic E-state index is 12.9. The highest BCUT2D eigenvalue weighted by molar-refractivity contribution is 7.11. The van der Waals surface area contributed by atoms with E-state index in [1.165, 1.54) is 0 Å². The summed E-state index contributed by atoms with van der Waals surface area (Å²) in [5.41, 5.74) is -0.714. The minimum atomic E-state index is -4.36. The Morgan fingerprint density at radius 1 is 1.32 bits per heavy atom. The van der Waals surface area contributed by atoms with Crippen LogP contribution in [0.2, 0.25) is 0 Å². The lowest BCUT2D eigenvalue weighted by Gasteiger charge is -2.36. The van der Waals surface area contributed by atoms with Gasteiger partial charge >= 0.3 is 6.18 Å². The smallest absolute Gasteiger partial charge is 0.309 e. The quantitative estimate of drug-likeness (QED) is 0.908. The minimum absolute atomic E-state index is 0.298. The Bertz CT molecular complexity index is 434. The van der Waals surface area contributed by atoms with Gasteiger partial charge in [-0.2, -0.15) is 13.2 Å². The number of piperazine rings is 1. The lowest BCUT2D eigenvalue weighted by molar-refractivity contribution is -0.141. The van der Waals surface area contributed by atoms with Gasteiger partial charge < -0.3 is 5.32 Å². The maximum atomic E-state index is 12.9. The molecular formula is C12H18F3N3S. The second-order valence-corrected chi connectivity index (χ2v) is 6.45. The number of nitrogens with one attached hydrogen (secondary N) is 1. The van der Waals surface area contributed by atoms with Gasteiger partial charge in [0.1, 0.15) is 0 Å². The Morgan fingerprint density at radius 2 is 1.89 bits per heavy atom. The monoisotopic (exact) mass is 293 g/mol. The molecule has 2 rings (SSSR count). The first-order chi connectivity index (χ1) is 8.75. The van der Waals surface area contributed by atoms with Gasteiger partial charge in [-0.1, -0.05) is 0 Å². The lowest BCUT2D eigenvalue weighted by Crippen LogP contribution is -2.53. The van der Waals surface area contributed by atoms with Gasteiger partial charge in [-0.15, -0.1) is 11.3 Å². The van der Waals surface area contributed by atoms with Crippen LogP contribution in [-0.2, 0) is 12.7 Å². The van der Waals surface area contributed by atoms with E-state index in [0.29, 0.717) is 28.5 Å². The van der Waals surface area contributed by atoms with Gasteiger partial charge in [0.25, 0.3) is 0 Å². The second-order valence-electron chi connectivity index (χ2n) is 5.17. The van der Waals surface area contributed by atoms with Crippen LogP contribution in [0.3, 0.4) is 0 Å². The van der Waals surface area contributed by atoms with Gasteiger partial charge in [0.2, 0.25) is 0 Å². The number of alkyl halides is 3. The summed E-state index contributed by atoms with van der Waals surface area (Å²) >= 11 is 1.14. The van der Waals surface area contributed by atoms with Crippen molar-refractivity contribution in [2.45, 2.75) is 45.6 Å². The van der Waals surface area contributed by atoms with Gasteiger partial charge in [-0.25, -0.2) is 4.98 Å². The van der Waals surface area contributed by atoms with Crippen molar-refractivity contribution in [3.8, 4) is 0 Å². The Labute approximate surface area is 114 Å². The molecule has 2 heterocycles. The van der Waals surface area contributed by atoms with Crippen molar-refractivity contribution in [2.75, 3.05) is 13.1 Å². The second kappa shape index (κ2) is 5.38. The van der Waals surface area contributed by atoms with Gasteiger partial charge in [0.15, 0.2) is 5.69 Å². The Kier molecular flexibility index (Phi) is 4.17. The van der Waals surface area contributed by atoms with E-state index in [2.05, 4.69) is 15.2 Å². The molecule has 1 aromatic heterocycles. The first kappa shape index (κ1) is 14.7. The molecule has 0 bridgehead atoms. The molecule has 1 fully saturated rings. The van der Waals surface area contributed by atoms with Gasteiger partial charge in [0, 0.05) is 31.7 Å². The van der Waals surface area contributed by atoms with E-state index in [-0.39, 0.29) is 0 Å². The minimum Gasteiger partial charge on any atom is -0.309 e. The van der Waals surface area contributed by atoms with Crippen molar-refractivity contribution in [1.82, 2.24) is 15.2 Å². The van der Waals surface area contributed by atoms with E-state index in [4.69, 9.17) is 0 Å². The van der Waals surface area contributed by atoms with Crippen LogP contribution in [0, 0.1) is 6.92 Å². The van der Waals surface area contributed by atoms with E-state index in [1.807, 2.05) is 13.8 Å². The molecule has 108 valence electrons. The highest BCUT2D eigenvalue weighted by Crippen LogP contribution is 2.35. The number of nitrogens with zero attached hydrogens (tertiary/aromatic N) is 2. The third kappa shape index (κ3) is 3.67. The molecule has 1 aromatic rings. The zero-order valence-electron chi connectivity index (χ0n) is 11.2. The number of thiazole rings is 1. The number of hydrogen-bond acceptors (Lipinski definition) is 4. The molecule has 0 radical (unpaired) electrons. The molecule has 2 atom stereocenters. The Morgan fingerprint density at radius 3 is 2.42 bits per heavy atom. The average Bonchev–Trinajstić information content (AvgIpc) is 2.57. The van der Waals surface area contributed by atoms with Crippen molar-refractivity contribution in [2.24, 2.45) is 0 Å². The summed E-state index contributed by atoms with van der Waals surface area (Å²) in [6, 6.07) is 0.596. The zero-order valence-corrected chi connectivity index (χ0v) is 12.0. The molecule has 19 heavy (non-hydrogen) atoms. The SMILES string of the molecule is Cc1nc(C(F)(F)F)c(CN2CC(C)NC(C)C2)s1. The first-order valence-electron chi connectivity index (χ1n) is 6.27. The van der Waals surface area contributed by atoms with E-state index >= 15 is 0 Å². The van der Waals surface area contributed by atoms with Crippen molar-refractivity contribution < 1.29 is 13.2 Å². The van der Waals surface area contributed by atoms with E-state index in [1.54, 1.807) is 6.92 Å².